The van der Waals surface area contributed by atoms with Crippen LogP contribution in [-0.2, 0) is 0 Å². The van der Waals surface area contributed by atoms with Gasteiger partial charge in [0.1, 0.15) is 5.75 Å². The topological polar surface area (TPSA) is 49.3 Å². The van der Waals surface area contributed by atoms with E-state index in [0.717, 1.165) is 11.1 Å². The van der Waals surface area contributed by atoms with Gasteiger partial charge in [0.15, 0.2) is 0 Å². The van der Waals surface area contributed by atoms with Gasteiger partial charge in [-0.25, -0.2) is 0 Å². The van der Waals surface area contributed by atoms with Crippen molar-refractivity contribution in [2.75, 3.05) is 5.32 Å². The van der Waals surface area contributed by atoms with E-state index in [1.807, 2.05) is 26.0 Å². The Morgan fingerprint density at radius 3 is 2.28 bits per heavy atom. The van der Waals surface area contributed by atoms with Gasteiger partial charge in [-0.1, -0.05) is 23.8 Å². The quantitative estimate of drug-likeness (QED) is 0.793. The lowest BCUT2D eigenvalue weighted by molar-refractivity contribution is 0.102. The van der Waals surface area contributed by atoms with Gasteiger partial charge in [0, 0.05) is 5.56 Å². The first kappa shape index (κ1) is 12.2. The molecule has 92 valence electrons. The van der Waals surface area contributed by atoms with Crippen LogP contribution < -0.4 is 5.32 Å². The second kappa shape index (κ2) is 4.92. The molecule has 0 bridgehead atoms. The standard InChI is InChI=1S/C15H15NO2/c1-10-3-6-12(7-4-10)15(18)16-13-9-11(2)5-8-14(13)17/h3-9,17H,1-2H3,(H,16,18). The number of hydrogen-bond donors (Lipinski definition) is 2. The molecule has 0 unspecified atom stereocenters. The molecule has 0 saturated carbocycles. The first-order valence-electron chi connectivity index (χ1n) is 5.74. The lowest BCUT2D eigenvalue weighted by Crippen LogP contribution is -2.11. The Labute approximate surface area is 106 Å². The van der Waals surface area contributed by atoms with E-state index in [0.29, 0.717) is 11.3 Å². The summed E-state index contributed by atoms with van der Waals surface area (Å²) in [6, 6.07) is 12.4. The highest BCUT2D eigenvalue weighted by Gasteiger charge is 2.08. The van der Waals surface area contributed by atoms with Crippen LogP contribution in [0.5, 0.6) is 5.75 Å². The number of hydrogen-bond acceptors (Lipinski definition) is 2. The molecular weight excluding hydrogens is 226 g/mol. The third-order valence-electron chi connectivity index (χ3n) is 2.71. The summed E-state index contributed by atoms with van der Waals surface area (Å²) in [5.41, 5.74) is 3.08. The lowest BCUT2D eigenvalue weighted by Gasteiger charge is -2.08. The van der Waals surface area contributed by atoms with Gasteiger partial charge in [-0.3, -0.25) is 4.79 Å². The molecule has 3 heteroatoms. The highest BCUT2D eigenvalue weighted by Crippen LogP contribution is 2.24. The van der Waals surface area contributed by atoms with Gasteiger partial charge < -0.3 is 10.4 Å². The Morgan fingerprint density at radius 2 is 1.61 bits per heavy atom. The Bertz CT molecular complexity index is 574. The van der Waals surface area contributed by atoms with Crippen LogP contribution in [0.25, 0.3) is 0 Å². The molecule has 0 aliphatic carbocycles. The number of phenolic OH excluding ortho intramolecular Hbond substituents is 1. The van der Waals surface area contributed by atoms with E-state index >= 15 is 0 Å². The minimum absolute atomic E-state index is 0.0704. The van der Waals surface area contributed by atoms with Crippen molar-refractivity contribution in [3.8, 4) is 5.75 Å². The predicted molar refractivity (Wildman–Crippen MR) is 72.0 cm³/mol. The van der Waals surface area contributed by atoms with Crippen molar-refractivity contribution in [2.45, 2.75) is 13.8 Å². The van der Waals surface area contributed by atoms with Crippen molar-refractivity contribution in [1.29, 1.82) is 0 Å². The van der Waals surface area contributed by atoms with Crippen LogP contribution in [0.1, 0.15) is 21.5 Å². The van der Waals surface area contributed by atoms with Crippen LogP contribution in [-0.4, -0.2) is 11.0 Å². The maximum absolute atomic E-state index is 12.0. The molecule has 2 rings (SSSR count). The van der Waals surface area contributed by atoms with E-state index in [1.54, 1.807) is 30.3 Å². The third-order valence-corrected chi connectivity index (χ3v) is 2.71. The van der Waals surface area contributed by atoms with Crippen LogP contribution in [0.4, 0.5) is 5.69 Å². The maximum Gasteiger partial charge on any atom is 0.255 e. The fourth-order valence-electron chi connectivity index (χ4n) is 1.65. The largest absolute Gasteiger partial charge is 0.506 e. The molecule has 0 aliphatic rings. The maximum atomic E-state index is 12.0. The van der Waals surface area contributed by atoms with Crippen molar-refractivity contribution in [1.82, 2.24) is 0 Å². The zero-order chi connectivity index (χ0) is 13.1. The third kappa shape index (κ3) is 2.69. The normalized spacial score (nSPS) is 10.1. The second-order valence-corrected chi connectivity index (χ2v) is 4.34. The molecule has 0 aromatic heterocycles. The average Bonchev–Trinajstić information content (AvgIpc) is 2.34. The number of aromatic hydroxyl groups is 1. The van der Waals surface area contributed by atoms with Crippen molar-refractivity contribution < 1.29 is 9.90 Å². The molecule has 0 fully saturated rings. The highest BCUT2D eigenvalue weighted by molar-refractivity contribution is 6.05. The minimum Gasteiger partial charge on any atom is -0.506 e. The number of aryl methyl sites for hydroxylation is 2. The van der Waals surface area contributed by atoms with E-state index in [9.17, 15) is 9.90 Å². The average molecular weight is 241 g/mol. The summed E-state index contributed by atoms with van der Waals surface area (Å²) in [5, 5.41) is 12.4. The summed E-state index contributed by atoms with van der Waals surface area (Å²) in [5.74, 6) is -0.156. The molecular formula is C15H15NO2. The number of anilines is 1. The van der Waals surface area contributed by atoms with Crippen LogP contribution in [0.15, 0.2) is 42.5 Å². The summed E-state index contributed by atoms with van der Waals surface area (Å²) in [6.07, 6.45) is 0. The van der Waals surface area contributed by atoms with E-state index in [1.165, 1.54) is 0 Å². The van der Waals surface area contributed by atoms with Gasteiger partial charge in [0.05, 0.1) is 5.69 Å². The zero-order valence-corrected chi connectivity index (χ0v) is 10.4. The fourth-order valence-corrected chi connectivity index (χ4v) is 1.65. The van der Waals surface area contributed by atoms with Crippen molar-refractivity contribution >= 4 is 11.6 Å². The van der Waals surface area contributed by atoms with Crippen molar-refractivity contribution in [3.05, 3.63) is 59.2 Å². The van der Waals surface area contributed by atoms with Gasteiger partial charge >= 0.3 is 0 Å². The molecule has 1 amide bonds. The summed E-state index contributed by atoms with van der Waals surface area (Å²) < 4.78 is 0. The monoisotopic (exact) mass is 241 g/mol. The Morgan fingerprint density at radius 1 is 1.00 bits per heavy atom. The molecule has 3 nitrogen and oxygen atoms in total. The smallest absolute Gasteiger partial charge is 0.255 e. The molecule has 0 spiro atoms. The van der Waals surface area contributed by atoms with Gasteiger partial charge in [-0.05, 0) is 43.7 Å². The van der Waals surface area contributed by atoms with Gasteiger partial charge in [0.25, 0.3) is 5.91 Å². The number of nitrogens with one attached hydrogen (secondary N) is 1. The molecule has 0 aliphatic heterocycles. The van der Waals surface area contributed by atoms with E-state index in [2.05, 4.69) is 5.32 Å². The lowest BCUT2D eigenvalue weighted by atomic mass is 10.1. The number of carbonyl (C=O) groups excluding carboxylic acids is 1. The van der Waals surface area contributed by atoms with E-state index in [-0.39, 0.29) is 11.7 Å². The Balaban J connectivity index is 2.21. The highest BCUT2D eigenvalue weighted by atomic mass is 16.3. The molecule has 2 N–H and O–H groups in total. The summed E-state index contributed by atoms with van der Waals surface area (Å²) in [6.45, 7) is 3.87. The Hall–Kier alpha value is -2.29. The molecule has 0 saturated heterocycles. The Kier molecular flexibility index (Phi) is 3.33. The number of rotatable bonds is 2. The van der Waals surface area contributed by atoms with E-state index < -0.39 is 0 Å². The molecule has 2 aromatic rings. The summed E-state index contributed by atoms with van der Waals surface area (Å²) in [4.78, 5) is 12.0. The summed E-state index contributed by atoms with van der Waals surface area (Å²) in [7, 11) is 0. The first-order valence-corrected chi connectivity index (χ1v) is 5.74. The number of phenols is 1. The predicted octanol–water partition coefficient (Wildman–Crippen LogP) is 3.26. The molecule has 0 atom stereocenters. The molecule has 0 radical (unpaired) electrons. The SMILES string of the molecule is Cc1ccc(C(=O)Nc2cc(C)ccc2O)cc1. The first-order chi connectivity index (χ1) is 8.56. The van der Waals surface area contributed by atoms with Crippen LogP contribution in [0.2, 0.25) is 0 Å². The zero-order valence-electron chi connectivity index (χ0n) is 10.4. The van der Waals surface area contributed by atoms with Gasteiger partial charge in [0.2, 0.25) is 0 Å². The van der Waals surface area contributed by atoms with E-state index in [4.69, 9.17) is 0 Å². The van der Waals surface area contributed by atoms with Gasteiger partial charge in [-0.15, -0.1) is 0 Å². The number of benzene rings is 2. The minimum atomic E-state index is -0.226. The van der Waals surface area contributed by atoms with Crippen molar-refractivity contribution in [3.63, 3.8) is 0 Å². The molecule has 0 heterocycles. The number of carbonyl (C=O) groups is 1. The number of amides is 1. The van der Waals surface area contributed by atoms with Gasteiger partial charge in [-0.2, -0.15) is 0 Å². The molecule has 2 aromatic carbocycles. The van der Waals surface area contributed by atoms with Crippen LogP contribution in [0, 0.1) is 13.8 Å². The second-order valence-electron chi connectivity index (χ2n) is 4.34. The molecule has 18 heavy (non-hydrogen) atoms. The fraction of sp³-hybridized carbons (Fsp3) is 0.133. The van der Waals surface area contributed by atoms with Crippen LogP contribution in [0.3, 0.4) is 0 Å². The summed E-state index contributed by atoms with van der Waals surface area (Å²) >= 11 is 0. The van der Waals surface area contributed by atoms with Crippen LogP contribution >= 0.6 is 0 Å². The van der Waals surface area contributed by atoms with Crippen molar-refractivity contribution in [2.24, 2.45) is 0 Å².